The van der Waals surface area contributed by atoms with E-state index in [2.05, 4.69) is 4.98 Å². The zero-order chi connectivity index (χ0) is 22.4. The van der Waals surface area contributed by atoms with Crippen LogP contribution in [0.15, 0.2) is 58.4 Å². The van der Waals surface area contributed by atoms with E-state index in [1.165, 1.54) is 33.2 Å². The minimum Gasteiger partial charge on any atom is -0.497 e. The fraction of sp³-hybridized carbons (Fsp3) is 0.261. The molecule has 0 spiro atoms. The van der Waals surface area contributed by atoms with Gasteiger partial charge in [-0.15, -0.1) is 0 Å². The number of rotatable bonds is 6. The van der Waals surface area contributed by atoms with Gasteiger partial charge in [-0.05, 0) is 37.0 Å². The van der Waals surface area contributed by atoms with E-state index >= 15 is 0 Å². The van der Waals surface area contributed by atoms with E-state index in [0.717, 1.165) is 25.0 Å². The molecule has 2 aromatic heterocycles. The Morgan fingerprint density at radius 1 is 1.12 bits per heavy atom. The average molecular weight is 438 g/mol. The Bertz CT molecular complexity index is 1450. The molecular formula is C23H20F2N4O3. The summed E-state index contributed by atoms with van der Waals surface area (Å²) in [6, 6.07) is 10.2. The van der Waals surface area contributed by atoms with Gasteiger partial charge >= 0.3 is 5.69 Å². The van der Waals surface area contributed by atoms with Crippen LogP contribution in [0.1, 0.15) is 18.4 Å². The number of imidazole rings is 1. The summed E-state index contributed by atoms with van der Waals surface area (Å²) in [5.74, 6) is -0.565. The van der Waals surface area contributed by atoms with Crippen molar-refractivity contribution in [3.05, 3.63) is 86.8 Å². The highest BCUT2D eigenvalue weighted by Crippen LogP contribution is 2.30. The van der Waals surface area contributed by atoms with Crippen LogP contribution in [0.2, 0.25) is 0 Å². The second-order valence-corrected chi connectivity index (χ2v) is 7.96. The molecular weight excluding hydrogens is 418 g/mol. The summed E-state index contributed by atoms with van der Waals surface area (Å²) in [5.41, 5.74) is 0.0941. The molecule has 9 heteroatoms. The summed E-state index contributed by atoms with van der Waals surface area (Å²) in [6.07, 6.45) is 3.32. The Hall–Kier alpha value is -3.75. The fourth-order valence-electron chi connectivity index (χ4n) is 3.84. The summed E-state index contributed by atoms with van der Waals surface area (Å²) < 4.78 is 36.9. The van der Waals surface area contributed by atoms with Crippen LogP contribution >= 0.6 is 0 Å². The van der Waals surface area contributed by atoms with Crippen LogP contribution in [0, 0.1) is 17.6 Å². The van der Waals surface area contributed by atoms with E-state index < -0.39 is 22.9 Å². The van der Waals surface area contributed by atoms with Gasteiger partial charge in [0.25, 0.3) is 5.56 Å². The smallest absolute Gasteiger partial charge is 0.337 e. The Balaban J connectivity index is 1.74. The number of halogens is 2. The standard InChI is InChI=1S/C23H20F2N4O3/c1-32-18-4-2-3-17(10-18)29-21-20(22(30)28(23(29)31)11-14-5-6-14)27(13-26-21)12-15-7-8-16(24)9-19(15)25/h2-4,7-10,13-14H,5-6,11-12H2,1H3. The molecule has 164 valence electrons. The van der Waals surface area contributed by atoms with Crippen molar-refractivity contribution in [2.45, 2.75) is 25.9 Å². The van der Waals surface area contributed by atoms with Crippen molar-refractivity contribution in [1.29, 1.82) is 0 Å². The SMILES string of the molecule is COc1cccc(-n2c(=O)n(CC3CC3)c(=O)c3c2ncn3Cc2ccc(F)cc2F)c1. The summed E-state index contributed by atoms with van der Waals surface area (Å²) in [5, 5.41) is 0. The van der Waals surface area contributed by atoms with Crippen LogP contribution in [0.4, 0.5) is 8.78 Å². The molecule has 1 aliphatic rings. The van der Waals surface area contributed by atoms with Gasteiger partial charge in [-0.3, -0.25) is 9.36 Å². The third kappa shape index (κ3) is 3.49. The van der Waals surface area contributed by atoms with Gasteiger partial charge < -0.3 is 9.30 Å². The normalized spacial score (nSPS) is 13.6. The quantitative estimate of drug-likeness (QED) is 0.464. The minimum atomic E-state index is -0.716. The first kappa shape index (κ1) is 20.2. The maximum Gasteiger partial charge on any atom is 0.337 e. The largest absolute Gasteiger partial charge is 0.497 e. The molecule has 0 aliphatic heterocycles. The zero-order valence-corrected chi connectivity index (χ0v) is 17.3. The topological polar surface area (TPSA) is 71.1 Å². The molecule has 7 nitrogen and oxygen atoms in total. The Kier molecular flexibility index (Phi) is 4.88. The average Bonchev–Trinajstić information content (AvgIpc) is 3.51. The first-order valence-corrected chi connectivity index (χ1v) is 10.3. The molecule has 0 atom stereocenters. The lowest BCUT2D eigenvalue weighted by atomic mass is 10.2. The second-order valence-electron chi connectivity index (χ2n) is 7.96. The monoisotopic (exact) mass is 438 g/mol. The van der Waals surface area contributed by atoms with E-state index in [1.807, 2.05) is 0 Å². The number of benzene rings is 2. The molecule has 1 aliphatic carbocycles. The first-order valence-electron chi connectivity index (χ1n) is 10.3. The van der Waals surface area contributed by atoms with Gasteiger partial charge in [0.2, 0.25) is 0 Å². The third-order valence-electron chi connectivity index (χ3n) is 5.71. The second kappa shape index (κ2) is 7.74. The lowest BCUT2D eigenvalue weighted by Crippen LogP contribution is -2.40. The highest BCUT2D eigenvalue weighted by Gasteiger charge is 2.26. The van der Waals surface area contributed by atoms with Gasteiger partial charge in [0, 0.05) is 24.2 Å². The molecule has 1 fully saturated rings. The molecule has 2 heterocycles. The van der Waals surface area contributed by atoms with Gasteiger partial charge in [-0.2, -0.15) is 0 Å². The number of hydrogen-bond donors (Lipinski definition) is 0. The molecule has 1 saturated carbocycles. The minimum absolute atomic E-state index is 0.0302. The Morgan fingerprint density at radius 3 is 2.66 bits per heavy atom. The zero-order valence-electron chi connectivity index (χ0n) is 17.3. The van der Waals surface area contributed by atoms with Gasteiger partial charge in [0.05, 0.1) is 25.7 Å². The molecule has 0 bridgehead atoms. The van der Waals surface area contributed by atoms with Gasteiger partial charge in [0.15, 0.2) is 11.2 Å². The molecule has 2 aromatic carbocycles. The maximum absolute atomic E-state index is 14.3. The summed E-state index contributed by atoms with van der Waals surface area (Å²) in [6.45, 7) is 0.283. The van der Waals surface area contributed by atoms with E-state index in [4.69, 9.17) is 4.74 Å². The van der Waals surface area contributed by atoms with E-state index in [-0.39, 0.29) is 29.2 Å². The number of fused-ring (bicyclic) bond motifs is 1. The van der Waals surface area contributed by atoms with Crippen molar-refractivity contribution in [2.75, 3.05) is 7.11 Å². The summed E-state index contributed by atoms with van der Waals surface area (Å²) in [7, 11) is 1.53. The third-order valence-corrected chi connectivity index (χ3v) is 5.71. The van der Waals surface area contributed by atoms with Crippen LogP contribution < -0.4 is 16.0 Å². The van der Waals surface area contributed by atoms with Crippen molar-refractivity contribution in [1.82, 2.24) is 18.7 Å². The molecule has 0 N–H and O–H groups in total. The number of ether oxygens (including phenoxy) is 1. The molecule has 0 saturated heterocycles. The maximum atomic E-state index is 14.3. The van der Waals surface area contributed by atoms with Crippen LogP contribution in [0.5, 0.6) is 5.75 Å². The molecule has 5 rings (SSSR count). The first-order chi connectivity index (χ1) is 15.5. The number of aromatic nitrogens is 4. The van der Waals surface area contributed by atoms with E-state index in [9.17, 15) is 18.4 Å². The Labute approximate surface area is 181 Å². The van der Waals surface area contributed by atoms with Crippen molar-refractivity contribution >= 4 is 11.2 Å². The lowest BCUT2D eigenvalue weighted by Gasteiger charge is -2.13. The fourth-order valence-corrected chi connectivity index (χ4v) is 3.84. The van der Waals surface area contributed by atoms with Gasteiger partial charge in [0.1, 0.15) is 17.4 Å². The van der Waals surface area contributed by atoms with Crippen LogP contribution in [0.3, 0.4) is 0 Å². The van der Waals surface area contributed by atoms with E-state index in [1.54, 1.807) is 24.3 Å². The molecule has 0 radical (unpaired) electrons. The van der Waals surface area contributed by atoms with Gasteiger partial charge in [-0.25, -0.2) is 23.1 Å². The summed E-state index contributed by atoms with van der Waals surface area (Å²) >= 11 is 0. The highest BCUT2D eigenvalue weighted by atomic mass is 19.1. The summed E-state index contributed by atoms with van der Waals surface area (Å²) in [4.78, 5) is 31.0. The van der Waals surface area contributed by atoms with Crippen molar-refractivity contribution in [3.8, 4) is 11.4 Å². The highest BCUT2D eigenvalue weighted by molar-refractivity contribution is 5.72. The van der Waals surface area contributed by atoms with Crippen molar-refractivity contribution < 1.29 is 13.5 Å². The number of methoxy groups -OCH3 is 1. The lowest BCUT2D eigenvalue weighted by molar-refractivity contribution is 0.414. The number of hydrogen-bond acceptors (Lipinski definition) is 4. The predicted octanol–water partition coefficient (Wildman–Crippen LogP) is 3.09. The van der Waals surface area contributed by atoms with Gasteiger partial charge in [-0.1, -0.05) is 12.1 Å². The predicted molar refractivity (Wildman–Crippen MR) is 114 cm³/mol. The molecule has 4 aromatic rings. The molecule has 32 heavy (non-hydrogen) atoms. The molecule has 0 amide bonds. The Morgan fingerprint density at radius 2 is 1.94 bits per heavy atom. The van der Waals surface area contributed by atoms with Crippen molar-refractivity contribution in [3.63, 3.8) is 0 Å². The van der Waals surface area contributed by atoms with Crippen LogP contribution in [-0.2, 0) is 13.1 Å². The van der Waals surface area contributed by atoms with Crippen LogP contribution in [-0.4, -0.2) is 25.8 Å². The van der Waals surface area contributed by atoms with E-state index in [0.29, 0.717) is 18.0 Å². The van der Waals surface area contributed by atoms with Crippen molar-refractivity contribution in [2.24, 2.45) is 5.92 Å². The number of nitrogens with zero attached hydrogens (tertiary/aromatic N) is 4. The van der Waals surface area contributed by atoms with Crippen LogP contribution in [0.25, 0.3) is 16.9 Å². The molecule has 0 unspecified atom stereocenters.